The first-order chi connectivity index (χ1) is 18.1. The molecule has 216 valence electrons. The van der Waals surface area contributed by atoms with Gasteiger partial charge in [0.2, 0.25) is 0 Å². The number of sulfonamides is 1. The van der Waals surface area contributed by atoms with Crippen molar-refractivity contribution in [1.82, 2.24) is 19.7 Å². The fourth-order valence-electron chi connectivity index (χ4n) is 3.10. The van der Waals surface area contributed by atoms with Gasteiger partial charge in [-0.2, -0.15) is 8.42 Å². The summed E-state index contributed by atoms with van der Waals surface area (Å²) in [6, 6.07) is 7.00. The van der Waals surface area contributed by atoms with Crippen LogP contribution in [0.5, 0.6) is 0 Å². The Labute approximate surface area is 259 Å². The number of halogens is 4. The molecular formula is C25H27Br2Cl2N5O5S. The summed E-state index contributed by atoms with van der Waals surface area (Å²) in [7, 11) is -4.19. The standard InChI is InChI=1S/C15H16BrClN4O3S.C10H11BrClNO2/c1-15(2,3)12-9(16)7-8(13(17)20-12)14(22)21-25(23,24)11-6-4-5-10(18)19-11;1-10(2,3)7-6(11)4-5(9(14)15)8(12)13-7/h4-7H,1-3H3,(H2,18,19)(H,21,22);4H,1-3H3,(H,14,15). The second-order valence-corrected chi connectivity index (χ2v) is 14.5. The normalized spacial score (nSPS) is 11.8. The van der Waals surface area contributed by atoms with Gasteiger partial charge in [-0.15, -0.1) is 0 Å². The van der Waals surface area contributed by atoms with Crippen LogP contribution < -0.4 is 10.5 Å². The minimum absolute atomic E-state index is 0.0107. The van der Waals surface area contributed by atoms with Gasteiger partial charge >= 0.3 is 5.97 Å². The van der Waals surface area contributed by atoms with Gasteiger partial charge in [-0.1, -0.05) is 70.8 Å². The molecular weight excluding hydrogens is 713 g/mol. The van der Waals surface area contributed by atoms with Crippen LogP contribution in [0.25, 0.3) is 0 Å². The maximum absolute atomic E-state index is 12.4. The van der Waals surface area contributed by atoms with E-state index in [4.69, 9.17) is 34.0 Å². The van der Waals surface area contributed by atoms with E-state index >= 15 is 0 Å². The van der Waals surface area contributed by atoms with E-state index in [0.717, 1.165) is 5.69 Å². The van der Waals surface area contributed by atoms with Crippen molar-refractivity contribution in [3.8, 4) is 0 Å². The zero-order valence-electron chi connectivity index (χ0n) is 22.3. The number of carboxylic acids is 1. The number of aromatic carboxylic acids is 1. The highest BCUT2D eigenvalue weighted by Gasteiger charge is 2.26. The molecule has 3 rings (SSSR count). The highest BCUT2D eigenvalue weighted by atomic mass is 79.9. The molecule has 40 heavy (non-hydrogen) atoms. The zero-order chi connectivity index (χ0) is 30.8. The number of hydrogen-bond donors (Lipinski definition) is 3. The van der Waals surface area contributed by atoms with Gasteiger partial charge in [0.1, 0.15) is 16.1 Å². The first kappa shape index (κ1) is 33.9. The smallest absolute Gasteiger partial charge is 0.338 e. The number of carbonyl (C=O) groups is 2. The third kappa shape index (κ3) is 8.59. The summed E-state index contributed by atoms with van der Waals surface area (Å²) in [6.45, 7) is 11.8. The predicted octanol–water partition coefficient (Wildman–Crippen LogP) is 6.38. The van der Waals surface area contributed by atoms with Crippen LogP contribution in [0.3, 0.4) is 0 Å². The number of anilines is 1. The molecule has 4 N–H and O–H groups in total. The van der Waals surface area contributed by atoms with Crippen LogP contribution in [0.15, 0.2) is 44.3 Å². The zero-order valence-corrected chi connectivity index (χ0v) is 27.8. The van der Waals surface area contributed by atoms with Crippen LogP contribution in [0, 0.1) is 0 Å². The Morgan fingerprint density at radius 2 is 1.32 bits per heavy atom. The minimum atomic E-state index is -4.19. The van der Waals surface area contributed by atoms with Gasteiger partial charge in [-0.05, 0) is 56.1 Å². The molecule has 3 aromatic rings. The summed E-state index contributed by atoms with van der Waals surface area (Å²) in [4.78, 5) is 35.2. The molecule has 0 unspecified atom stereocenters. The maximum atomic E-state index is 12.4. The third-order valence-corrected chi connectivity index (χ3v) is 8.02. The fourth-order valence-corrected chi connectivity index (χ4v) is 6.32. The van der Waals surface area contributed by atoms with Gasteiger partial charge in [0, 0.05) is 19.8 Å². The summed E-state index contributed by atoms with van der Waals surface area (Å²) < 4.78 is 27.7. The Balaban J connectivity index is 0.000000319. The lowest BCUT2D eigenvalue weighted by Gasteiger charge is -2.20. The molecule has 0 atom stereocenters. The molecule has 0 aliphatic heterocycles. The molecule has 15 heteroatoms. The van der Waals surface area contributed by atoms with Crippen LogP contribution in [-0.4, -0.2) is 40.4 Å². The van der Waals surface area contributed by atoms with Crippen molar-refractivity contribution in [2.45, 2.75) is 57.4 Å². The van der Waals surface area contributed by atoms with Gasteiger partial charge in [-0.3, -0.25) is 4.79 Å². The molecule has 10 nitrogen and oxygen atoms in total. The second-order valence-electron chi connectivity index (χ2n) is 10.5. The van der Waals surface area contributed by atoms with E-state index in [2.05, 4.69) is 46.8 Å². The van der Waals surface area contributed by atoms with Gasteiger partial charge in [0.25, 0.3) is 15.9 Å². The Morgan fingerprint density at radius 3 is 1.75 bits per heavy atom. The summed E-state index contributed by atoms with van der Waals surface area (Å²) >= 11 is 18.5. The first-order valence-electron chi connectivity index (χ1n) is 11.4. The fraction of sp³-hybridized carbons (Fsp3) is 0.320. The molecule has 0 radical (unpaired) electrons. The topological polar surface area (TPSA) is 165 Å². The van der Waals surface area contributed by atoms with Gasteiger partial charge in [0.05, 0.1) is 22.5 Å². The van der Waals surface area contributed by atoms with Crippen molar-refractivity contribution >= 4 is 82.8 Å². The number of amides is 1. The molecule has 0 aromatic carbocycles. The molecule has 3 heterocycles. The summed E-state index contributed by atoms with van der Waals surface area (Å²) in [5, 5.41) is 8.40. The van der Waals surface area contributed by atoms with Crippen LogP contribution in [0.4, 0.5) is 5.82 Å². The van der Waals surface area contributed by atoms with E-state index in [1.54, 1.807) is 0 Å². The monoisotopic (exact) mass is 737 g/mol. The van der Waals surface area contributed by atoms with Crippen molar-refractivity contribution < 1.29 is 23.1 Å². The Morgan fingerprint density at radius 1 is 0.875 bits per heavy atom. The van der Waals surface area contributed by atoms with Gasteiger partial charge in [0.15, 0.2) is 5.03 Å². The number of carboxylic acid groups (broad SMARTS) is 1. The Bertz CT molecular complexity index is 1570. The van der Waals surface area contributed by atoms with Crippen LogP contribution in [-0.2, 0) is 20.9 Å². The molecule has 0 aliphatic rings. The number of nitrogens with one attached hydrogen (secondary N) is 1. The predicted molar refractivity (Wildman–Crippen MR) is 162 cm³/mol. The number of hydrogen-bond acceptors (Lipinski definition) is 8. The average molecular weight is 740 g/mol. The van der Waals surface area contributed by atoms with E-state index in [-0.39, 0.29) is 43.1 Å². The highest BCUT2D eigenvalue weighted by molar-refractivity contribution is 9.10. The number of nitrogens with two attached hydrogens (primary N) is 1. The SMILES string of the molecule is CC(C)(C)c1nc(Cl)c(C(=O)NS(=O)(=O)c2cccc(N)n2)cc1Br.CC(C)(C)c1nc(Cl)c(C(=O)O)cc1Br. The van der Waals surface area contributed by atoms with Gasteiger partial charge < -0.3 is 10.8 Å². The van der Waals surface area contributed by atoms with Crippen LogP contribution >= 0.6 is 55.1 Å². The third-order valence-electron chi connectivity index (χ3n) is 5.00. The number of rotatable bonds is 4. The molecule has 0 saturated heterocycles. The quantitative estimate of drug-likeness (QED) is 0.257. The lowest BCUT2D eigenvalue weighted by atomic mass is 9.91. The van der Waals surface area contributed by atoms with Gasteiger partial charge in [-0.25, -0.2) is 24.5 Å². The van der Waals surface area contributed by atoms with Crippen molar-refractivity contribution in [2.24, 2.45) is 0 Å². The molecule has 0 spiro atoms. The summed E-state index contributed by atoms with van der Waals surface area (Å²) in [6.07, 6.45) is 0. The lowest BCUT2D eigenvalue weighted by molar-refractivity contribution is 0.0696. The number of nitrogens with zero attached hydrogens (tertiary/aromatic N) is 3. The van der Waals surface area contributed by atoms with E-state index in [1.807, 2.05) is 46.3 Å². The van der Waals surface area contributed by atoms with E-state index in [9.17, 15) is 18.0 Å². The van der Waals surface area contributed by atoms with Crippen molar-refractivity contribution in [2.75, 3.05) is 5.73 Å². The first-order valence-corrected chi connectivity index (χ1v) is 15.2. The minimum Gasteiger partial charge on any atom is -0.478 e. The van der Waals surface area contributed by atoms with Crippen LogP contribution in [0.2, 0.25) is 10.3 Å². The summed E-state index contributed by atoms with van der Waals surface area (Å²) in [5.41, 5.74) is 6.31. The van der Waals surface area contributed by atoms with Crippen LogP contribution in [0.1, 0.15) is 73.6 Å². The maximum Gasteiger partial charge on any atom is 0.338 e. The number of carbonyl (C=O) groups excluding carboxylic acids is 1. The summed E-state index contributed by atoms with van der Waals surface area (Å²) in [5.74, 6) is -1.97. The Kier molecular flexibility index (Phi) is 10.7. The number of aromatic nitrogens is 3. The number of pyridine rings is 3. The second kappa shape index (κ2) is 12.7. The molecule has 0 fully saturated rings. The van der Waals surface area contributed by atoms with E-state index in [1.165, 1.54) is 30.3 Å². The lowest BCUT2D eigenvalue weighted by Crippen LogP contribution is -2.32. The largest absolute Gasteiger partial charge is 0.478 e. The van der Waals surface area contributed by atoms with E-state index in [0.29, 0.717) is 14.6 Å². The molecule has 0 bridgehead atoms. The van der Waals surface area contributed by atoms with E-state index < -0.39 is 21.9 Å². The Hall–Kier alpha value is -2.32. The highest BCUT2D eigenvalue weighted by Crippen LogP contribution is 2.32. The molecule has 0 saturated carbocycles. The van der Waals surface area contributed by atoms with Crippen molar-refractivity contribution in [3.05, 3.63) is 72.1 Å². The number of nitrogen functional groups attached to an aromatic ring is 1. The molecule has 0 aliphatic carbocycles. The van der Waals surface area contributed by atoms with Crippen molar-refractivity contribution in [1.29, 1.82) is 0 Å². The average Bonchev–Trinajstić information content (AvgIpc) is 2.80. The molecule has 3 aromatic heterocycles. The van der Waals surface area contributed by atoms with Crippen molar-refractivity contribution in [3.63, 3.8) is 0 Å². The molecule has 1 amide bonds.